The molecule has 3 aromatic heterocycles. The highest BCUT2D eigenvalue weighted by atomic mass is 16.5. The molecule has 2 N–H and O–H groups in total. The number of nitrogens with zero attached hydrogens (tertiary/aromatic N) is 7. The Bertz CT molecular complexity index is 1320. The van der Waals surface area contributed by atoms with Crippen molar-refractivity contribution in [2.75, 3.05) is 35.7 Å². The van der Waals surface area contributed by atoms with Gasteiger partial charge in [0, 0.05) is 30.9 Å². The molecular weight excluding hydrogens is 450 g/mol. The number of carbonyl (C=O) groups excluding carboxylic acids is 2. The summed E-state index contributed by atoms with van der Waals surface area (Å²) in [6.45, 7) is 1.48. The zero-order chi connectivity index (χ0) is 24.2. The molecule has 12 nitrogen and oxygen atoms in total. The third-order valence-corrected chi connectivity index (χ3v) is 5.92. The Morgan fingerprint density at radius 2 is 1.86 bits per heavy atom. The fourth-order valence-electron chi connectivity index (χ4n) is 4.04. The molecule has 4 aromatic rings. The molecule has 2 amide bonds. The van der Waals surface area contributed by atoms with Crippen molar-refractivity contribution >= 4 is 34.7 Å². The summed E-state index contributed by atoms with van der Waals surface area (Å²) in [5, 5.41) is 22.3. The third kappa shape index (κ3) is 5.21. The van der Waals surface area contributed by atoms with E-state index in [-0.39, 0.29) is 24.3 Å². The maximum Gasteiger partial charge on any atom is 0.246 e. The Balaban J connectivity index is 1.10. The van der Waals surface area contributed by atoms with E-state index in [4.69, 9.17) is 4.74 Å². The van der Waals surface area contributed by atoms with Crippen LogP contribution in [-0.2, 0) is 16.1 Å². The lowest BCUT2D eigenvalue weighted by Crippen LogP contribution is -2.38. The maximum absolute atomic E-state index is 12.8. The summed E-state index contributed by atoms with van der Waals surface area (Å²) in [7, 11) is 1.59. The summed E-state index contributed by atoms with van der Waals surface area (Å²) in [4.78, 5) is 27.2. The lowest BCUT2D eigenvalue weighted by Gasteiger charge is -2.31. The zero-order valence-electron chi connectivity index (χ0n) is 19.2. The molecule has 0 unspecified atom stereocenters. The summed E-state index contributed by atoms with van der Waals surface area (Å²) >= 11 is 0. The molecule has 4 heterocycles. The van der Waals surface area contributed by atoms with Crippen LogP contribution in [-0.4, -0.2) is 61.6 Å². The van der Waals surface area contributed by atoms with E-state index in [2.05, 4.69) is 35.9 Å². The zero-order valence-corrected chi connectivity index (χ0v) is 19.2. The number of carbonyl (C=O) groups is 2. The van der Waals surface area contributed by atoms with Gasteiger partial charge in [-0.1, -0.05) is 0 Å². The minimum absolute atomic E-state index is 0.0318. The van der Waals surface area contributed by atoms with Crippen molar-refractivity contribution in [2.24, 2.45) is 5.92 Å². The summed E-state index contributed by atoms with van der Waals surface area (Å²) < 4.78 is 8.25. The normalized spacial score (nSPS) is 14.1. The quantitative estimate of drug-likeness (QED) is 0.414. The molecule has 0 spiro atoms. The van der Waals surface area contributed by atoms with E-state index < -0.39 is 0 Å². The van der Waals surface area contributed by atoms with E-state index in [1.165, 1.54) is 4.68 Å². The predicted octanol–water partition coefficient (Wildman–Crippen LogP) is 1.82. The molecule has 1 aliphatic rings. The lowest BCUT2D eigenvalue weighted by molar-refractivity contribution is -0.120. The number of hydrogen-bond acceptors (Lipinski definition) is 8. The Kier molecular flexibility index (Phi) is 6.24. The largest absolute Gasteiger partial charge is 0.497 e. The van der Waals surface area contributed by atoms with Gasteiger partial charge in [0.25, 0.3) is 0 Å². The van der Waals surface area contributed by atoms with Crippen molar-refractivity contribution in [2.45, 2.75) is 19.4 Å². The summed E-state index contributed by atoms with van der Waals surface area (Å²) in [6.07, 6.45) is 6.20. The van der Waals surface area contributed by atoms with Crippen molar-refractivity contribution in [1.82, 2.24) is 29.6 Å². The summed E-state index contributed by atoms with van der Waals surface area (Å²) in [5.41, 5.74) is 1.93. The minimum Gasteiger partial charge on any atom is -0.497 e. The highest BCUT2D eigenvalue weighted by molar-refractivity contribution is 5.93. The van der Waals surface area contributed by atoms with Gasteiger partial charge in [0.1, 0.15) is 24.4 Å². The van der Waals surface area contributed by atoms with Crippen molar-refractivity contribution in [3.63, 3.8) is 0 Å². The third-order valence-electron chi connectivity index (χ3n) is 5.92. The van der Waals surface area contributed by atoms with Gasteiger partial charge in [-0.2, -0.15) is 9.61 Å². The van der Waals surface area contributed by atoms with Crippen LogP contribution in [0.15, 0.2) is 55.1 Å². The van der Waals surface area contributed by atoms with Gasteiger partial charge in [0.2, 0.25) is 11.8 Å². The summed E-state index contributed by atoms with van der Waals surface area (Å²) in [5.74, 6) is 1.18. The molecule has 35 heavy (non-hydrogen) atoms. The first-order valence-electron chi connectivity index (χ1n) is 11.3. The number of hydrogen-bond donors (Lipinski definition) is 2. The number of ether oxygens (including phenoxy) is 1. The van der Waals surface area contributed by atoms with Crippen LogP contribution in [0.1, 0.15) is 12.8 Å². The van der Waals surface area contributed by atoms with Crippen LogP contribution in [0, 0.1) is 5.92 Å². The number of amides is 2. The first-order chi connectivity index (χ1) is 17.1. The Hall–Kier alpha value is -4.48. The number of fused-ring (bicyclic) bond motifs is 1. The molecule has 5 rings (SSSR count). The molecule has 0 atom stereocenters. The van der Waals surface area contributed by atoms with Crippen LogP contribution in [0.2, 0.25) is 0 Å². The van der Waals surface area contributed by atoms with Crippen LogP contribution >= 0.6 is 0 Å². The molecule has 1 saturated heterocycles. The van der Waals surface area contributed by atoms with Crippen LogP contribution in [0.3, 0.4) is 0 Å². The minimum atomic E-state index is -0.221. The smallest absolute Gasteiger partial charge is 0.246 e. The van der Waals surface area contributed by atoms with Gasteiger partial charge < -0.3 is 20.3 Å². The van der Waals surface area contributed by atoms with Crippen molar-refractivity contribution in [1.29, 1.82) is 0 Å². The predicted molar refractivity (Wildman–Crippen MR) is 128 cm³/mol. The molecule has 1 fully saturated rings. The molecular formula is C23H25N9O3. The molecule has 1 aliphatic heterocycles. The average Bonchev–Trinajstić information content (AvgIpc) is 3.53. The van der Waals surface area contributed by atoms with Crippen molar-refractivity contribution < 1.29 is 14.3 Å². The molecule has 180 valence electrons. The van der Waals surface area contributed by atoms with Gasteiger partial charge in [-0.05, 0) is 49.2 Å². The fourth-order valence-corrected chi connectivity index (χ4v) is 4.04. The molecule has 0 saturated carbocycles. The summed E-state index contributed by atoms with van der Waals surface area (Å²) in [6, 6.07) is 10.9. The van der Waals surface area contributed by atoms with Crippen molar-refractivity contribution in [3.8, 4) is 5.75 Å². The monoisotopic (exact) mass is 475 g/mol. The number of benzene rings is 1. The van der Waals surface area contributed by atoms with Crippen LogP contribution in [0.25, 0.3) is 5.65 Å². The van der Waals surface area contributed by atoms with E-state index in [0.717, 1.165) is 18.9 Å². The van der Waals surface area contributed by atoms with E-state index in [9.17, 15) is 9.59 Å². The molecule has 0 radical (unpaired) electrons. The van der Waals surface area contributed by atoms with Gasteiger partial charge in [0.15, 0.2) is 5.65 Å². The Morgan fingerprint density at radius 3 is 2.63 bits per heavy atom. The average molecular weight is 476 g/mol. The number of nitrogens with one attached hydrogen (secondary N) is 2. The first-order valence-corrected chi connectivity index (χ1v) is 11.3. The number of piperidine rings is 1. The number of rotatable bonds is 7. The van der Waals surface area contributed by atoms with Gasteiger partial charge >= 0.3 is 0 Å². The second-order valence-corrected chi connectivity index (χ2v) is 8.28. The van der Waals surface area contributed by atoms with Crippen molar-refractivity contribution in [3.05, 3.63) is 55.1 Å². The SMILES string of the molecule is COc1ccc(NC(=O)Cn2cc(NC(=O)C3CCN(c4ccc5nncn5n4)CC3)cn2)cc1. The molecule has 0 bridgehead atoms. The van der Waals surface area contributed by atoms with Gasteiger partial charge in [-0.3, -0.25) is 14.3 Å². The van der Waals surface area contributed by atoms with E-state index >= 15 is 0 Å². The fraction of sp³-hybridized carbons (Fsp3) is 0.304. The van der Waals surface area contributed by atoms with Crippen LogP contribution in [0.5, 0.6) is 5.75 Å². The Labute approximate surface area is 200 Å². The lowest BCUT2D eigenvalue weighted by atomic mass is 9.96. The van der Waals surface area contributed by atoms with Crippen LogP contribution < -0.4 is 20.3 Å². The van der Waals surface area contributed by atoms with Gasteiger partial charge in [0.05, 0.1) is 19.0 Å². The van der Waals surface area contributed by atoms with E-state index in [1.54, 1.807) is 54.6 Å². The van der Waals surface area contributed by atoms with Gasteiger partial charge in [-0.25, -0.2) is 0 Å². The van der Waals surface area contributed by atoms with Gasteiger partial charge in [-0.15, -0.1) is 15.3 Å². The van der Waals surface area contributed by atoms with Crippen LogP contribution in [0.4, 0.5) is 17.2 Å². The maximum atomic E-state index is 12.8. The number of methoxy groups -OCH3 is 1. The molecule has 12 heteroatoms. The second-order valence-electron chi connectivity index (χ2n) is 8.28. The number of anilines is 3. The highest BCUT2D eigenvalue weighted by Gasteiger charge is 2.26. The number of aromatic nitrogens is 6. The standard InChI is InChI=1S/C23H25N9O3/c1-35-19-4-2-17(3-5-19)26-22(33)14-31-13-18(12-25-31)27-23(34)16-8-10-30(11-9-16)21-7-6-20-28-24-15-32(20)29-21/h2-7,12-13,15-16H,8-11,14H2,1H3,(H,26,33)(H,27,34). The highest BCUT2D eigenvalue weighted by Crippen LogP contribution is 2.23. The first kappa shape index (κ1) is 22.3. The van der Waals surface area contributed by atoms with E-state index in [0.29, 0.717) is 35.6 Å². The second kappa shape index (κ2) is 9.79. The topological polar surface area (TPSA) is 132 Å². The van der Waals surface area contributed by atoms with E-state index in [1.807, 2.05) is 12.1 Å². The Morgan fingerprint density at radius 1 is 1.06 bits per heavy atom. The molecule has 0 aliphatic carbocycles. The molecule has 1 aromatic carbocycles.